The number of non-ortho nitro benzene ring substituents is 1. The second-order valence-electron chi connectivity index (χ2n) is 7.79. The fraction of sp³-hybridized carbons (Fsp3) is 0.182. The molecule has 2 aromatic heterocycles. The maximum absolute atomic E-state index is 12.6. The highest BCUT2D eigenvalue weighted by molar-refractivity contribution is 5.81. The minimum atomic E-state index is -0.594. The summed E-state index contributed by atoms with van der Waals surface area (Å²) in [5, 5.41) is 15.2. The molecule has 0 saturated heterocycles. The molecular formula is C22H22N8O4. The number of anilines is 2. The smallest absolute Gasteiger partial charge is 0.329 e. The Kier molecular flexibility index (Phi) is 5.95. The maximum atomic E-state index is 12.6. The van der Waals surface area contributed by atoms with Crippen LogP contribution in [0.2, 0.25) is 0 Å². The number of rotatable bonds is 7. The van der Waals surface area contributed by atoms with Gasteiger partial charge in [-0.05, 0) is 23.3 Å². The van der Waals surface area contributed by atoms with Gasteiger partial charge in [-0.15, -0.1) is 0 Å². The zero-order chi connectivity index (χ0) is 24.4. The van der Waals surface area contributed by atoms with Crippen molar-refractivity contribution in [1.29, 1.82) is 0 Å². The molecule has 34 heavy (non-hydrogen) atoms. The average Bonchev–Trinajstić information content (AvgIpc) is 3.17. The number of H-pyrrole nitrogens is 1. The molecule has 4 rings (SSSR count). The summed E-state index contributed by atoms with van der Waals surface area (Å²) < 4.78 is 2.80. The van der Waals surface area contributed by atoms with E-state index in [1.165, 1.54) is 23.7 Å². The highest BCUT2D eigenvalue weighted by Gasteiger charge is 2.18. The van der Waals surface area contributed by atoms with Gasteiger partial charge in [-0.1, -0.05) is 24.3 Å². The third kappa shape index (κ3) is 4.41. The quantitative estimate of drug-likeness (QED) is 0.242. The Hall–Kier alpha value is -4.74. The van der Waals surface area contributed by atoms with E-state index in [4.69, 9.17) is 0 Å². The number of hydrogen-bond donors (Lipinski definition) is 2. The van der Waals surface area contributed by atoms with Gasteiger partial charge < -0.3 is 4.90 Å². The van der Waals surface area contributed by atoms with Crippen LogP contribution in [0.5, 0.6) is 0 Å². The van der Waals surface area contributed by atoms with E-state index in [0.29, 0.717) is 5.56 Å². The average molecular weight is 462 g/mol. The molecule has 12 heteroatoms. The van der Waals surface area contributed by atoms with Gasteiger partial charge in [-0.25, -0.2) is 10.2 Å². The first-order valence-corrected chi connectivity index (χ1v) is 10.2. The molecule has 4 aromatic rings. The number of aromatic nitrogens is 4. The fourth-order valence-electron chi connectivity index (χ4n) is 3.40. The molecule has 2 aromatic carbocycles. The van der Waals surface area contributed by atoms with Crippen molar-refractivity contribution in [3.05, 3.63) is 90.6 Å². The summed E-state index contributed by atoms with van der Waals surface area (Å²) in [5.74, 6) is 0.237. The van der Waals surface area contributed by atoms with Gasteiger partial charge in [0.15, 0.2) is 11.2 Å². The summed E-state index contributed by atoms with van der Waals surface area (Å²) in [5.41, 5.74) is 4.58. The van der Waals surface area contributed by atoms with Gasteiger partial charge in [0.2, 0.25) is 5.95 Å². The van der Waals surface area contributed by atoms with E-state index in [2.05, 4.69) is 20.5 Å². The first-order valence-electron chi connectivity index (χ1n) is 10.2. The number of benzene rings is 2. The molecule has 0 aliphatic heterocycles. The van der Waals surface area contributed by atoms with Crippen molar-refractivity contribution in [3.8, 4) is 0 Å². The van der Waals surface area contributed by atoms with Gasteiger partial charge in [-0.3, -0.25) is 29.0 Å². The van der Waals surface area contributed by atoms with E-state index in [1.54, 1.807) is 22.9 Å². The van der Waals surface area contributed by atoms with Crippen LogP contribution in [-0.2, 0) is 13.6 Å². The molecular weight excluding hydrogens is 440 g/mol. The SMILES string of the molecule is CN(C)c1ccc(C=NNc2nc3c(c(=O)[nH]c(=O)n3C)n2Cc2ccc([N+](=O)[O-])cc2)cc1. The zero-order valence-corrected chi connectivity index (χ0v) is 18.7. The van der Waals surface area contributed by atoms with Crippen LogP contribution in [0, 0.1) is 10.1 Å². The Bertz CT molecular complexity index is 1500. The molecule has 0 spiro atoms. The predicted molar refractivity (Wildman–Crippen MR) is 130 cm³/mol. The van der Waals surface area contributed by atoms with Crippen LogP contribution in [0.4, 0.5) is 17.3 Å². The van der Waals surface area contributed by atoms with E-state index < -0.39 is 16.2 Å². The highest BCUT2D eigenvalue weighted by atomic mass is 16.6. The first kappa shape index (κ1) is 22.5. The summed E-state index contributed by atoms with van der Waals surface area (Å²) in [6.07, 6.45) is 1.61. The van der Waals surface area contributed by atoms with Gasteiger partial charge in [0.1, 0.15) is 0 Å². The molecule has 2 N–H and O–H groups in total. The summed E-state index contributed by atoms with van der Waals surface area (Å²) in [6, 6.07) is 13.7. The second kappa shape index (κ2) is 9.02. The molecule has 0 atom stereocenters. The topological polar surface area (TPSA) is 143 Å². The van der Waals surface area contributed by atoms with Crippen LogP contribution < -0.4 is 21.6 Å². The van der Waals surface area contributed by atoms with Crippen LogP contribution in [0.1, 0.15) is 11.1 Å². The molecule has 0 aliphatic carbocycles. The van der Waals surface area contributed by atoms with Crippen molar-refractivity contribution in [2.75, 3.05) is 24.4 Å². The number of aromatic amines is 1. The fourth-order valence-corrected chi connectivity index (χ4v) is 3.40. The molecule has 2 heterocycles. The minimum absolute atomic E-state index is 0.0392. The van der Waals surface area contributed by atoms with E-state index in [-0.39, 0.29) is 29.3 Å². The molecule has 0 saturated carbocycles. The standard InChI is InChI=1S/C22H22N8O4/c1-27(2)16-8-4-14(5-9-16)12-23-26-21-24-19-18(20(31)25-22(32)28(19)3)29(21)13-15-6-10-17(11-7-15)30(33)34/h4-12H,13H2,1-3H3,(H,24,26)(H,25,31,32). The van der Waals surface area contributed by atoms with Crippen molar-refractivity contribution in [3.63, 3.8) is 0 Å². The van der Waals surface area contributed by atoms with E-state index in [1.807, 2.05) is 43.3 Å². The monoisotopic (exact) mass is 462 g/mol. The number of nitro benzene ring substituents is 1. The first-order chi connectivity index (χ1) is 16.2. The van der Waals surface area contributed by atoms with Crippen molar-refractivity contribution < 1.29 is 4.92 Å². The molecule has 0 amide bonds. The summed E-state index contributed by atoms with van der Waals surface area (Å²) in [7, 11) is 5.41. The molecule has 0 bridgehead atoms. The normalized spacial score (nSPS) is 11.3. The zero-order valence-electron chi connectivity index (χ0n) is 18.7. The number of imidazole rings is 1. The number of hydrazone groups is 1. The summed E-state index contributed by atoms with van der Waals surface area (Å²) in [4.78, 5) is 43.8. The van der Waals surface area contributed by atoms with Crippen LogP contribution >= 0.6 is 0 Å². The Morgan fingerprint density at radius 1 is 1.15 bits per heavy atom. The Morgan fingerprint density at radius 3 is 2.44 bits per heavy atom. The molecule has 174 valence electrons. The summed E-state index contributed by atoms with van der Waals surface area (Å²) >= 11 is 0. The molecule has 12 nitrogen and oxygen atoms in total. The highest BCUT2D eigenvalue weighted by Crippen LogP contribution is 2.19. The van der Waals surface area contributed by atoms with Gasteiger partial charge in [-0.2, -0.15) is 10.1 Å². The van der Waals surface area contributed by atoms with E-state index in [9.17, 15) is 19.7 Å². The van der Waals surface area contributed by atoms with Gasteiger partial charge in [0.05, 0.1) is 17.7 Å². The maximum Gasteiger partial charge on any atom is 0.329 e. The number of nitrogens with one attached hydrogen (secondary N) is 2. The van der Waals surface area contributed by atoms with Crippen LogP contribution in [0.25, 0.3) is 11.2 Å². The third-order valence-electron chi connectivity index (χ3n) is 5.28. The minimum Gasteiger partial charge on any atom is -0.378 e. The third-order valence-corrected chi connectivity index (χ3v) is 5.28. The molecule has 0 unspecified atom stereocenters. The van der Waals surface area contributed by atoms with Gasteiger partial charge in [0, 0.05) is 39.0 Å². The lowest BCUT2D eigenvalue weighted by Crippen LogP contribution is -2.29. The molecule has 0 aliphatic rings. The largest absolute Gasteiger partial charge is 0.378 e. The van der Waals surface area contributed by atoms with Crippen LogP contribution in [0.15, 0.2) is 63.2 Å². The Labute approximate surface area is 192 Å². The lowest BCUT2D eigenvalue weighted by atomic mass is 10.2. The Balaban J connectivity index is 1.71. The molecule has 0 radical (unpaired) electrons. The van der Waals surface area contributed by atoms with Gasteiger partial charge >= 0.3 is 5.69 Å². The van der Waals surface area contributed by atoms with Crippen molar-refractivity contribution in [1.82, 2.24) is 19.1 Å². The Morgan fingerprint density at radius 2 is 1.82 bits per heavy atom. The molecule has 0 fully saturated rings. The van der Waals surface area contributed by atoms with Crippen molar-refractivity contribution in [2.45, 2.75) is 6.54 Å². The summed E-state index contributed by atoms with van der Waals surface area (Å²) in [6.45, 7) is 0.172. The lowest BCUT2D eigenvalue weighted by molar-refractivity contribution is -0.384. The number of aryl methyl sites for hydroxylation is 1. The van der Waals surface area contributed by atoms with E-state index >= 15 is 0 Å². The second-order valence-corrected chi connectivity index (χ2v) is 7.79. The van der Waals surface area contributed by atoms with Crippen molar-refractivity contribution in [2.24, 2.45) is 12.1 Å². The van der Waals surface area contributed by atoms with Crippen molar-refractivity contribution >= 4 is 34.7 Å². The van der Waals surface area contributed by atoms with E-state index in [0.717, 1.165) is 11.3 Å². The number of nitrogens with zero attached hydrogens (tertiary/aromatic N) is 6. The van der Waals surface area contributed by atoms with Crippen LogP contribution in [-0.4, -0.2) is 44.3 Å². The number of fused-ring (bicyclic) bond motifs is 1. The van der Waals surface area contributed by atoms with Gasteiger partial charge in [0.25, 0.3) is 11.2 Å². The number of nitro groups is 1. The predicted octanol–water partition coefficient (Wildman–Crippen LogP) is 1.89. The lowest BCUT2D eigenvalue weighted by Gasteiger charge is -2.11. The number of hydrogen-bond acceptors (Lipinski definition) is 8. The van der Waals surface area contributed by atoms with Crippen LogP contribution in [0.3, 0.4) is 0 Å².